The van der Waals surface area contributed by atoms with Crippen molar-refractivity contribution < 1.29 is 14.3 Å². The van der Waals surface area contributed by atoms with Crippen molar-refractivity contribution in [1.82, 2.24) is 14.7 Å². The van der Waals surface area contributed by atoms with Crippen molar-refractivity contribution >= 4 is 29.6 Å². The first-order chi connectivity index (χ1) is 14.9. The molecule has 2 aromatic rings. The first-order valence-corrected chi connectivity index (χ1v) is 11.2. The summed E-state index contributed by atoms with van der Waals surface area (Å²) >= 11 is 6.26. The van der Waals surface area contributed by atoms with Gasteiger partial charge in [0.15, 0.2) is 6.61 Å². The van der Waals surface area contributed by atoms with Crippen molar-refractivity contribution in [3.63, 3.8) is 0 Å². The molecule has 1 aliphatic rings. The van der Waals surface area contributed by atoms with E-state index in [4.69, 9.17) is 16.3 Å². The molecule has 1 fully saturated rings. The lowest BCUT2D eigenvalue weighted by atomic mass is 10.1. The van der Waals surface area contributed by atoms with Crippen LogP contribution in [0, 0.1) is 19.8 Å². The minimum absolute atomic E-state index is 0.129. The number of halogens is 1. The standard InChI is InChI=1S/C24H30ClN3O3/c1-4-13-27(14-19-9-10-19)23(29)16-31-24(30)12-11-21-17(2)26-28(18(21)3)15-20-7-5-6-8-22(20)25/h5-8,11-12,19H,4,9-10,13-16H2,1-3H3. The van der Waals surface area contributed by atoms with E-state index in [1.807, 2.05) is 54.6 Å². The van der Waals surface area contributed by atoms with Crippen LogP contribution in [0.5, 0.6) is 0 Å². The maximum Gasteiger partial charge on any atom is 0.331 e. The van der Waals surface area contributed by atoms with Gasteiger partial charge in [-0.15, -0.1) is 0 Å². The van der Waals surface area contributed by atoms with Crippen LogP contribution in [-0.4, -0.2) is 46.3 Å². The predicted molar refractivity (Wildman–Crippen MR) is 122 cm³/mol. The zero-order valence-electron chi connectivity index (χ0n) is 18.4. The molecule has 1 aromatic heterocycles. The van der Waals surface area contributed by atoms with Gasteiger partial charge in [-0.05, 0) is 56.7 Å². The van der Waals surface area contributed by atoms with Crippen molar-refractivity contribution in [3.05, 3.63) is 57.9 Å². The quantitative estimate of drug-likeness (QED) is 0.403. The van der Waals surface area contributed by atoms with E-state index in [2.05, 4.69) is 5.10 Å². The molecule has 0 N–H and O–H groups in total. The average Bonchev–Trinajstić information content (AvgIpc) is 3.52. The third-order valence-corrected chi connectivity index (χ3v) is 5.83. The maximum absolute atomic E-state index is 12.4. The Bertz CT molecular complexity index is 963. The van der Waals surface area contributed by atoms with E-state index in [1.165, 1.54) is 18.9 Å². The number of rotatable bonds is 10. The lowest BCUT2D eigenvalue weighted by molar-refractivity contribution is -0.148. The van der Waals surface area contributed by atoms with Gasteiger partial charge in [-0.1, -0.05) is 36.7 Å². The fraction of sp³-hybridized carbons (Fsp3) is 0.458. The van der Waals surface area contributed by atoms with E-state index in [1.54, 1.807) is 6.08 Å². The second-order valence-corrected chi connectivity index (χ2v) is 8.46. The molecule has 6 nitrogen and oxygen atoms in total. The number of ether oxygens (including phenoxy) is 1. The smallest absolute Gasteiger partial charge is 0.331 e. The number of carbonyl (C=O) groups excluding carboxylic acids is 2. The first kappa shape index (κ1) is 23.1. The van der Waals surface area contributed by atoms with Gasteiger partial charge in [-0.25, -0.2) is 4.79 Å². The Hall–Kier alpha value is -2.60. The molecule has 1 heterocycles. The Morgan fingerprint density at radius 1 is 1.29 bits per heavy atom. The third kappa shape index (κ3) is 6.44. The van der Waals surface area contributed by atoms with Gasteiger partial charge in [-0.2, -0.15) is 5.10 Å². The summed E-state index contributed by atoms with van der Waals surface area (Å²) < 4.78 is 7.06. The number of amides is 1. The molecule has 3 rings (SSSR count). The van der Waals surface area contributed by atoms with Gasteiger partial charge in [0.1, 0.15) is 0 Å². The molecule has 1 saturated carbocycles. The first-order valence-electron chi connectivity index (χ1n) is 10.8. The van der Waals surface area contributed by atoms with E-state index < -0.39 is 5.97 Å². The highest BCUT2D eigenvalue weighted by Gasteiger charge is 2.26. The van der Waals surface area contributed by atoms with Crippen LogP contribution in [0.2, 0.25) is 5.02 Å². The Labute approximate surface area is 188 Å². The molecule has 0 bridgehead atoms. The summed E-state index contributed by atoms with van der Waals surface area (Å²) in [6.07, 6.45) is 6.30. The third-order valence-electron chi connectivity index (χ3n) is 5.46. The summed E-state index contributed by atoms with van der Waals surface area (Å²) in [5.41, 5.74) is 3.57. The van der Waals surface area contributed by atoms with Crippen LogP contribution in [0.3, 0.4) is 0 Å². The Morgan fingerprint density at radius 3 is 2.71 bits per heavy atom. The number of esters is 1. The van der Waals surface area contributed by atoms with Crippen LogP contribution in [0.15, 0.2) is 30.3 Å². The number of nitrogens with zero attached hydrogens (tertiary/aromatic N) is 3. The summed E-state index contributed by atoms with van der Waals surface area (Å²) in [5, 5.41) is 5.26. The van der Waals surface area contributed by atoms with E-state index >= 15 is 0 Å². The number of benzene rings is 1. The van der Waals surface area contributed by atoms with E-state index in [0.717, 1.165) is 35.5 Å². The second-order valence-electron chi connectivity index (χ2n) is 8.06. The largest absolute Gasteiger partial charge is 0.452 e. The maximum atomic E-state index is 12.4. The van der Waals surface area contributed by atoms with Crippen molar-refractivity contribution in [2.45, 2.75) is 46.6 Å². The minimum atomic E-state index is -0.533. The van der Waals surface area contributed by atoms with Crippen molar-refractivity contribution in [3.8, 4) is 0 Å². The minimum Gasteiger partial charge on any atom is -0.452 e. The molecule has 0 radical (unpaired) electrons. The SMILES string of the molecule is CCCN(CC1CC1)C(=O)COC(=O)C=Cc1c(C)nn(Cc2ccccc2Cl)c1C. The van der Waals surface area contributed by atoms with Gasteiger partial charge in [0.2, 0.25) is 0 Å². The number of aromatic nitrogens is 2. The zero-order chi connectivity index (χ0) is 22.4. The fourth-order valence-corrected chi connectivity index (χ4v) is 3.71. The summed E-state index contributed by atoms with van der Waals surface area (Å²) in [7, 11) is 0. The predicted octanol–water partition coefficient (Wildman–Crippen LogP) is 4.41. The molecular weight excluding hydrogens is 414 g/mol. The monoisotopic (exact) mass is 443 g/mol. The molecule has 1 aliphatic carbocycles. The Kier molecular flexibility index (Phi) is 7.91. The topological polar surface area (TPSA) is 64.4 Å². The Morgan fingerprint density at radius 2 is 2.03 bits per heavy atom. The van der Waals surface area contributed by atoms with Crippen molar-refractivity contribution in [2.75, 3.05) is 19.7 Å². The highest BCUT2D eigenvalue weighted by molar-refractivity contribution is 6.31. The van der Waals surface area contributed by atoms with Gasteiger partial charge >= 0.3 is 5.97 Å². The molecule has 1 amide bonds. The summed E-state index contributed by atoms with van der Waals surface area (Å²) in [4.78, 5) is 26.4. The van der Waals surface area contributed by atoms with Gasteiger partial charge in [0.05, 0.1) is 12.2 Å². The van der Waals surface area contributed by atoms with Gasteiger partial charge in [0.25, 0.3) is 5.91 Å². The molecule has 166 valence electrons. The summed E-state index contributed by atoms with van der Waals surface area (Å²) in [5.74, 6) is -0.0522. The molecule has 0 unspecified atom stereocenters. The second kappa shape index (κ2) is 10.6. The Balaban J connectivity index is 1.58. The molecule has 0 aliphatic heterocycles. The van der Waals surface area contributed by atoms with Crippen LogP contribution in [0.1, 0.15) is 48.7 Å². The molecule has 0 spiro atoms. The van der Waals surface area contributed by atoms with E-state index in [-0.39, 0.29) is 12.5 Å². The van der Waals surface area contributed by atoms with Crippen LogP contribution in [0.4, 0.5) is 0 Å². The number of hydrogen-bond donors (Lipinski definition) is 0. The van der Waals surface area contributed by atoms with Crippen molar-refractivity contribution in [1.29, 1.82) is 0 Å². The molecular formula is C24H30ClN3O3. The lowest BCUT2D eigenvalue weighted by Gasteiger charge is -2.21. The zero-order valence-corrected chi connectivity index (χ0v) is 19.2. The highest BCUT2D eigenvalue weighted by Crippen LogP contribution is 2.29. The molecule has 31 heavy (non-hydrogen) atoms. The number of carbonyl (C=O) groups is 2. The number of hydrogen-bond acceptors (Lipinski definition) is 4. The van der Waals surface area contributed by atoms with Crippen molar-refractivity contribution in [2.24, 2.45) is 5.92 Å². The molecule has 0 atom stereocenters. The molecule has 1 aromatic carbocycles. The lowest BCUT2D eigenvalue weighted by Crippen LogP contribution is -2.36. The van der Waals surface area contributed by atoms with E-state index in [0.29, 0.717) is 24.0 Å². The molecule has 0 saturated heterocycles. The summed E-state index contributed by atoms with van der Waals surface area (Å²) in [6.45, 7) is 7.68. The average molecular weight is 444 g/mol. The van der Waals surface area contributed by atoms with Crippen LogP contribution in [-0.2, 0) is 20.9 Å². The van der Waals surface area contributed by atoms with Gasteiger partial charge in [0, 0.05) is 35.4 Å². The van der Waals surface area contributed by atoms with Crippen LogP contribution in [0.25, 0.3) is 6.08 Å². The van der Waals surface area contributed by atoms with Gasteiger partial charge in [-0.3, -0.25) is 9.48 Å². The van der Waals surface area contributed by atoms with Crippen LogP contribution >= 0.6 is 11.6 Å². The fourth-order valence-electron chi connectivity index (χ4n) is 3.52. The molecule has 7 heteroatoms. The van der Waals surface area contributed by atoms with Gasteiger partial charge < -0.3 is 9.64 Å². The van der Waals surface area contributed by atoms with Crippen LogP contribution < -0.4 is 0 Å². The summed E-state index contributed by atoms with van der Waals surface area (Å²) in [6, 6.07) is 7.66. The normalized spacial score (nSPS) is 13.5. The highest BCUT2D eigenvalue weighted by atomic mass is 35.5. The number of aryl methyl sites for hydroxylation is 1. The van der Waals surface area contributed by atoms with E-state index in [9.17, 15) is 9.59 Å².